The molecule has 0 bridgehead atoms. The topological polar surface area (TPSA) is 333 Å². The highest BCUT2D eigenvalue weighted by atomic mass is 35.5. The first kappa shape index (κ1) is 78.6. The van der Waals surface area contributed by atoms with Crippen LogP contribution in [0.15, 0.2) is 130 Å². The number of halogens is 1. The summed E-state index contributed by atoms with van der Waals surface area (Å²) in [4.78, 5) is 94.4. The molecule has 3 aliphatic heterocycles. The summed E-state index contributed by atoms with van der Waals surface area (Å²) in [6.07, 6.45) is 21.6. The van der Waals surface area contributed by atoms with Gasteiger partial charge in [0.1, 0.15) is 27.4 Å². The van der Waals surface area contributed by atoms with Gasteiger partial charge in [0.15, 0.2) is 39.6 Å². The SMILES string of the molecule is CC(C)(C)OC(=O)N1CCc2ccc(N)cc2C1.CC(C)n1c(=O)c2cnc(Nc3ccc4c(c3)CN(C(=O)OC(C)(C)C)CC4)nc2n1-c1ccn(C2CC2)n1.CC(C)n1c(=O)c2cnc(Nc3ccc4c(c3)CNCC4)nc2n1-c1ccn(C2CC2)n1.CSc1ncc2c(=O)n(C(C)C)n(-c3ccn(C4CC4)n3)c2n1.Cl. The van der Waals surface area contributed by atoms with Crippen LogP contribution in [0.25, 0.3) is 50.6 Å². The van der Waals surface area contributed by atoms with Crippen LogP contribution in [0.1, 0.15) is 191 Å². The molecule has 3 aliphatic carbocycles. The van der Waals surface area contributed by atoms with E-state index < -0.39 is 11.2 Å². The number of amides is 2. The van der Waals surface area contributed by atoms with E-state index in [-0.39, 0.29) is 59.4 Å². The maximum Gasteiger partial charge on any atom is 0.410 e. The number of hydrogen-bond acceptors (Lipinski definition) is 21. The van der Waals surface area contributed by atoms with Gasteiger partial charge in [0.05, 0.1) is 18.1 Å². The molecule has 2 amide bonds. The standard InChI is InChI=1S/C28H34N8O3.C23H26N8O.C15H18N6OS.C14H20N2O2.ClH/c1-17(2)35-25(37)22-15-29-26(31-24(22)36(35)23-11-13-34(32-23)21-8-9-21)30-20-7-6-18-10-12-33(16-19(18)14-20)27(38)39-28(3,4)5;1-14(2)30-22(32)19-13-25-23(26-17-4-3-15-7-9-24-12-16(15)11-17)27-21(19)31(30)20-8-10-29(28-20)18-5-6-18;1-9(2)20-14(22)11-8-16-15(23-3)17-13(11)21(20)12-6-7-19(18-12)10-4-5-10;1-14(2,3)18-13(17)16-7-6-10-4-5-12(15)8-11(10)9-16;/h6-7,11,13-15,17,21H,8-10,12,16H2,1-5H3,(H,29,30,31);3-4,8,10-11,13-14,18,24H,5-7,9,12H2,1-2H3,(H,25,26,27);6-10H,4-5H2,1-3H3;4-5,8H,6-7,9,15H2,1-3H3;1H. The van der Waals surface area contributed by atoms with Gasteiger partial charge in [0, 0.05) is 123 Å². The molecule has 0 atom stereocenters. The molecule has 12 heterocycles. The Kier molecular flexibility index (Phi) is 22.1. The summed E-state index contributed by atoms with van der Waals surface area (Å²) >= 11 is 1.46. The summed E-state index contributed by atoms with van der Waals surface area (Å²) in [6.45, 7) is 27.4. The van der Waals surface area contributed by atoms with Crippen LogP contribution in [-0.2, 0) is 48.4 Å². The number of nitrogens with zero attached hydrogens (tertiary/aromatic N) is 20. The lowest BCUT2D eigenvalue weighted by molar-refractivity contribution is 0.0214. The number of nitrogen functional groups attached to an aromatic ring is 1. The number of anilines is 5. The second kappa shape index (κ2) is 31.8. The Balaban J connectivity index is 0.000000129. The van der Waals surface area contributed by atoms with Crippen molar-refractivity contribution in [3.63, 3.8) is 0 Å². The number of thioether (sulfide) groups is 1. The number of nitrogens with one attached hydrogen (secondary N) is 3. The van der Waals surface area contributed by atoms with Crippen LogP contribution in [-0.4, -0.2) is 146 Å². The van der Waals surface area contributed by atoms with Crippen LogP contribution < -0.4 is 38.4 Å². The third kappa shape index (κ3) is 17.1. The summed E-state index contributed by atoms with van der Waals surface area (Å²) in [5, 5.41) is 26.3. The Hall–Kier alpha value is -11.1. The molecule has 113 heavy (non-hydrogen) atoms. The van der Waals surface area contributed by atoms with Crippen molar-refractivity contribution in [1.82, 2.24) is 102 Å². The number of carbonyl (C=O) groups excluding carboxylic acids is 2. The van der Waals surface area contributed by atoms with Crippen LogP contribution in [0, 0.1) is 0 Å². The van der Waals surface area contributed by atoms with Crippen LogP contribution in [0.4, 0.5) is 38.5 Å². The fourth-order valence-electron chi connectivity index (χ4n) is 14.2. The molecule has 5 N–H and O–H groups in total. The number of ether oxygens (including phenoxy) is 2. The zero-order chi connectivity index (χ0) is 78.8. The molecule has 31 nitrogen and oxygen atoms in total. The highest BCUT2D eigenvalue weighted by molar-refractivity contribution is 7.98. The molecule has 594 valence electrons. The van der Waals surface area contributed by atoms with E-state index in [9.17, 15) is 24.0 Å². The van der Waals surface area contributed by atoms with E-state index in [1.165, 1.54) is 46.9 Å². The maximum atomic E-state index is 13.3. The molecule has 0 saturated heterocycles. The quantitative estimate of drug-likeness (QED) is 0.0446. The van der Waals surface area contributed by atoms with Crippen molar-refractivity contribution < 1.29 is 19.1 Å². The van der Waals surface area contributed by atoms with E-state index in [0.717, 1.165) is 92.0 Å². The lowest BCUT2D eigenvalue weighted by Crippen LogP contribution is -2.39. The first-order valence-electron chi connectivity index (χ1n) is 38.6. The second-order valence-electron chi connectivity index (χ2n) is 32.3. The van der Waals surface area contributed by atoms with Crippen LogP contribution in [0.3, 0.4) is 0 Å². The summed E-state index contributed by atoms with van der Waals surface area (Å²) < 4.78 is 27.4. The predicted octanol–water partition coefficient (Wildman–Crippen LogP) is 13.2. The van der Waals surface area contributed by atoms with Crippen molar-refractivity contribution in [2.75, 3.05) is 42.3 Å². The van der Waals surface area contributed by atoms with Gasteiger partial charge in [-0.1, -0.05) is 30.0 Å². The van der Waals surface area contributed by atoms with Crippen LogP contribution in [0.2, 0.25) is 0 Å². The summed E-state index contributed by atoms with van der Waals surface area (Å²) in [6, 6.07) is 25.4. The van der Waals surface area contributed by atoms with Gasteiger partial charge in [-0.25, -0.2) is 57.6 Å². The van der Waals surface area contributed by atoms with E-state index >= 15 is 0 Å². The summed E-state index contributed by atoms with van der Waals surface area (Å²) in [7, 11) is 0. The lowest BCUT2D eigenvalue weighted by Gasteiger charge is -2.31. The van der Waals surface area contributed by atoms with E-state index in [0.29, 0.717) is 106 Å². The molecule has 33 heteroatoms. The first-order chi connectivity index (χ1) is 53.6. The molecule has 3 aromatic carbocycles. The Bertz CT molecular complexity index is 5730. The van der Waals surface area contributed by atoms with Crippen molar-refractivity contribution in [1.29, 1.82) is 0 Å². The molecular formula is C80H99ClN24O7S. The number of aromatic nitrogens is 18. The van der Waals surface area contributed by atoms with Gasteiger partial charge in [0.25, 0.3) is 16.7 Å². The zero-order valence-corrected chi connectivity index (χ0v) is 67.8. The molecule has 0 unspecified atom stereocenters. The predicted molar refractivity (Wildman–Crippen MR) is 438 cm³/mol. The second-order valence-corrected chi connectivity index (χ2v) is 33.0. The highest BCUT2D eigenvalue weighted by Crippen LogP contribution is 2.38. The van der Waals surface area contributed by atoms with Crippen LogP contribution >= 0.6 is 24.2 Å². The number of nitrogens with two attached hydrogens (primary N) is 1. The van der Waals surface area contributed by atoms with Gasteiger partial charge >= 0.3 is 12.2 Å². The highest BCUT2D eigenvalue weighted by Gasteiger charge is 2.33. The van der Waals surface area contributed by atoms with Crippen molar-refractivity contribution in [3.05, 3.63) is 174 Å². The average molecular weight is 1580 g/mol. The van der Waals surface area contributed by atoms with E-state index in [1.807, 2.05) is 180 Å². The fourth-order valence-corrected chi connectivity index (χ4v) is 14.5. The van der Waals surface area contributed by atoms with Gasteiger partial charge in [-0.2, -0.15) is 25.3 Å². The summed E-state index contributed by atoms with van der Waals surface area (Å²) in [5.41, 5.74) is 15.9. The molecule has 3 fully saturated rings. The van der Waals surface area contributed by atoms with Gasteiger partial charge in [0.2, 0.25) is 11.9 Å². The Morgan fingerprint density at radius 3 is 1.28 bits per heavy atom. The van der Waals surface area contributed by atoms with Gasteiger partial charge in [-0.15, -0.1) is 12.4 Å². The first-order valence-corrected chi connectivity index (χ1v) is 39.9. The van der Waals surface area contributed by atoms with E-state index in [1.54, 1.807) is 47.1 Å². The van der Waals surface area contributed by atoms with Crippen molar-refractivity contribution in [2.24, 2.45) is 0 Å². The smallest absolute Gasteiger partial charge is 0.410 e. The van der Waals surface area contributed by atoms with E-state index in [2.05, 4.69) is 65.3 Å². The molecule has 0 radical (unpaired) electrons. The third-order valence-corrected chi connectivity index (χ3v) is 20.6. The third-order valence-electron chi connectivity index (χ3n) is 20.1. The number of rotatable bonds is 14. The Labute approximate surface area is 663 Å². The Morgan fingerprint density at radius 1 is 0.504 bits per heavy atom. The number of fused-ring (bicyclic) bond motifs is 6. The van der Waals surface area contributed by atoms with Crippen LogP contribution in [0.5, 0.6) is 0 Å². The van der Waals surface area contributed by atoms with Gasteiger partial charge < -0.3 is 41.0 Å². The average Bonchev–Trinajstić information content (AvgIpc) is 1.60. The molecule has 12 aromatic rings. The molecule has 3 saturated carbocycles. The molecule has 0 spiro atoms. The number of benzene rings is 3. The maximum absolute atomic E-state index is 13.3. The minimum atomic E-state index is -0.540. The minimum Gasteiger partial charge on any atom is -0.444 e. The molecule has 6 aliphatic rings. The largest absolute Gasteiger partial charge is 0.444 e. The minimum absolute atomic E-state index is 0. The number of carbonyl (C=O) groups is 2. The normalized spacial score (nSPS) is 15.4. The van der Waals surface area contributed by atoms with Crippen molar-refractivity contribution >= 4 is 98.4 Å². The van der Waals surface area contributed by atoms with E-state index in [4.69, 9.17) is 35.4 Å². The summed E-state index contributed by atoms with van der Waals surface area (Å²) in [5.74, 6) is 2.91. The van der Waals surface area contributed by atoms with Crippen molar-refractivity contribution in [2.45, 2.75) is 213 Å². The molecular weight excluding hydrogens is 1480 g/mol. The lowest BCUT2D eigenvalue weighted by atomic mass is 9.99. The van der Waals surface area contributed by atoms with Gasteiger partial charge in [-0.3, -0.25) is 28.4 Å². The fraction of sp³-hybridized carbons (Fsp3) is 0.450. The zero-order valence-electron chi connectivity index (χ0n) is 66.2. The number of hydrogen-bond donors (Lipinski definition) is 4. The molecule has 9 aromatic heterocycles. The monoisotopic (exact) mass is 1570 g/mol. The Morgan fingerprint density at radius 2 is 0.885 bits per heavy atom. The molecule has 18 rings (SSSR count). The van der Waals surface area contributed by atoms with Crippen molar-refractivity contribution in [3.8, 4) is 17.5 Å². The van der Waals surface area contributed by atoms with Gasteiger partial charge in [-0.05, 0) is 223 Å².